The number of ether oxygens (including phenoxy) is 2. The van der Waals surface area contributed by atoms with Crippen LogP contribution in [0.25, 0.3) is 33.7 Å². The number of fused-ring (bicyclic) bond motifs is 2. The number of benzene rings is 4. The average molecular weight is 927 g/mol. The Bertz CT molecular complexity index is 3180. The molecule has 0 radical (unpaired) electrons. The predicted molar refractivity (Wildman–Crippen MR) is 266 cm³/mol. The Hall–Kier alpha value is -8.50. The van der Waals surface area contributed by atoms with Crippen LogP contribution in [0.3, 0.4) is 0 Å². The van der Waals surface area contributed by atoms with Gasteiger partial charge in [0.1, 0.15) is 28.8 Å². The number of hydrogen-bond donors (Lipinski definition) is 5. The third-order valence-corrected chi connectivity index (χ3v) is 10.8. The Morgan fingerprint density at radius 1 is 0.647 bits per heavy atom. The summed E-state index contributed by atoms with van der Waals surface area (Å²) in [6, 6.07) is 24.7. The zero-order valence-corrected chi connectivity index (χ0v) is 39.0. The lowest BCUT2D eigenvalue weighted by molar-refractivity contribution is -0.384. The van der Waals surface area contributed by atoms with Gasteiger partial charge in [-0.05, 0) is 58.5 Å². The number of hydrogen-bond acceptors (Lipinski definition) is 17. The van der Waals surface area contributed by atoms with Crippen molar-refractivity contribution >= 4 is 68.1 Å². The highest BCUT2D eigenvalue weighted by Gasteiger charge is 2.23. The van der Waals surface area contributed by atoms with E-state index in [1.165, 1.54) is 28.5 Å². The largest absolute Gasteiger partial charge is 0.494 e. The van der Waals surface area contributed by atoms with E-state index in [4.69, 9.17) is 15.2 Å². The van der Waals surface area contributed by atoms with E-state index in [9.17, 15) is 19.7 Å². The van der Waals surface area contributed by atoms with Crippen molar-refractivity contribution in [1.82, 2.24) is 48.8 Å². The number of likely N-dealkylation sites (N-methyl/N-ethyl adjacent to an activating group) is 4. The number of nitro groups is 1. The molecule has 68 heavy (non-hydrogen) atoms. The molecule has 354 valence electrons. The molecule has 0 atom stereocenters. The van der Waals surface area contributed by atoms with E-state index in [1.54, 1.807) is 56.8 Å². The molecule has 0 fully saturated rings. The Balaban J connectivity index is 0.000000202. The first kappa shape index (κ1) is 47.5. The van der Waals surface area contributed by atoms with Crippen molar-refractivity contribution < 1.29 is 14.4 Å². The lowest BCUT2D eigenvalue weighted by Crippen LogP contribution is -2.29. The fourth-order valence-corrected chi connectivity index (χ4v) is 7.27. The number of nitrogens with one attached hydrogen (secondary N) is 4. The molecule has 0 aliphatic heterocycles. The first-order valence-electron chi connectivity index (χ1n) is 21.3. The minimum absolute atomic E-state index is 0.0847. The molecule has 0 amide bonds. The van der Waals surface area contributed by atoms with E-state index in [-0.39, 0.29) is 23.0 Å². The number of H-pyrrole nitrogens is 2. The highest BCUT2D eigenvalue weighted by Crippen LogP contribution is 2.39. The maximum atomic E-state index is 12.5. The summed E-state index contributed by atoms with van der Waals surface area (Å²) < 4.78 is 14.1. The molecule has 8 rings (SSSR count). The van der Waals surface area contributed by atoms with E-state index >= 15 is 0 Å². The van der Waals surface area contributed by atoms with Crippen molar-refractivity contribution in [3.05, 3.63) is 128 Å². The van der Waals surface area contributed by atoms with Crippen LogP contribution < -0.4 is 47.0 Å². The first-order valence-corrected chi connectivity index (χ1v) is 21.3. The van der Waals surface area contributed by atoms with Crippen LogP contribution in [0.2, 0.25) is 0 Å². The van der Waals surface area contributed by atoms with Gasteiger partial charge in [-0.25, -0.2) is 28.7 Å². The van der Waals surface area contributed by atoms with Gasteiger partial charge in [-0.2, -0.15) is 9.97 Å². The number of rotatable bonds is 17. The number of nitrogens with two attached hydrogens (primary N) is 1. The van der Waals surface area contributed by atoms with E-state index < -0.39 is 4.92 Å². The predicted octanol–water partition coefficient (Wildman–Crippen LogP) is 5.21. The second-order valence-corrected chi connectivity index (χ2v) is 16.2. The number of aromatic amines is 2. The van der Waals surface area contributed by atoms with E-state index in [0.717, 1.165) is 36.4 Å². The van der Waals surface area contributed by atoms with Crippen molar-refractivity contribution in [1.29, 1.82) is 0 Å². The van der Waals surface area contributed by atoms with Crippen molar-refractivity contribution in [3.8, 4) is 23.1 Å². The van der Waals surface area contributed by atoms with E-state index in [0.29, 0.717) is 69.4 Å². The standard InChI is InChI=1S/C23H26N8O4.C23H28N8O2/c1-28(2)11-12-29(3)18-14-20(35-4)16(13-19(18)31(33)34)25-22-24-10-9-21(27-22)30-17-8-6-5-7-15(17)26-23(30)32;1-29(2)11-12-30(3)19-14-20(33-4)17(13-15(19)24)26-22-25-10-9-21(28-22)31-18-8-6-5-7-16(18)27-23(31)32/h5-10,13-14H,11-12H2,1-4H3,(H,26,32)(H,24,25,27);5-10,13-14H,11-12,24H2,1-4H3,(H,27,32)(H,25,26,28). The molecular formula is C46H54N16O6. The van der Waals surface area contributed by atoms with Crippen LogP contribution in [0, 0.1) is 10.1 Å². The molecule has 0 saturated heterocycles. The third-order valence-electron chi connectivity index (χ3n) is 10.8. The molecule has 0 unspecified atom stereocenters. The van der Waals surface area contributed by atoms with Crippen LogP contribution in [0.15, 0.2) is 107 Å². The summed E-state index contributed by atoms with van der Waals surface area (Å²) in [7, 11) is 14.8. The van der Waals surface area contributed by atoms with Crippen LogP contribution in [0.5, 0.6) is 11.5 Å². The van der Waals surface area contributed by atoms with Gasteiger partial charge in [0.2, 0.25) is 11.9 Å². The maximum absolute atomic E-state index is 12.5. The van der Waals surface area contributed by atoms with E-state index in [2.05, 4.69) is 50.3 Å². The Morgan fingerprint density at radius 2 is 1.09 bits per heavy atom. The summed E-state index contributed by atoms with van der Waals surface area (Å²) >= 11 is 0. The Kier molecular flexibility index (Phi) is 14.5. The smallest absolute Gasteiger partial charge is 0.332 e. The lowest BCUT2D eigenvalue weighted by Gasteiger charge is -2.24. The van der Waals surface area contributed by atoms with Crippen molar-refractivity contribution in [2.75, 3.05) is 109 Å². The SMILES string of the molecule is COc1cc(N(C)CCN(C)C)c(N)cc1Nc1nccc(-n2c(=O)[nH]c3ccccc32)n1.COc1cc(N(C)CCN(C)C)c([N+](=O)[O-])cc1Nc1nccc(-n2c(=O)[nH]c3ccccc32)n1. The molecular weight excluding hydrogens is 873 g/mol. The number of nitrogens with zero attached hydrogens (tertiary/aromatic N) is 11. The number of anilines is 7. The minimum atomic E-state index is -0.436. The number of aromatic nitrogens is 8. The summed E-state index contributed by atoms with van der Waals surface area (Å²) in [5.41, 5.74) is 11.3. The molecule has 6 N–H and O–H groups in total. The molecule has 8 aromatic rings. The van der Waals surface area contributed by atoms with Gasteiger partial charge in [-0.15, -0.1) is 0 Å². The molecule has 22 heteroatoms. The van der Waals surface area contributed by atoms with Gasteiger partial charge in [0.15, 0.2) is 0 Å². The normalized spacial score (nSPS) is 11.1. The van der Waals surface area contributed by atoms with Gasteiger partial charge in [0, 0.05) is 83.0 Å². The highest BCUT2D eigenvalue weighted by atomic mass is 16.6. The van der Waals surface area contributed by atoms with Crippen LogP contribution in [0.4, 0.5) is 46.0 Å². The number of imidazole rings is 2. The molecule has 0 saturated carbocycles. The second-order valence-electron chi connectivity index (χ2n) is 16.2. The second kappa shape index (κ2) is 20.8. The summed E-state index contributed by atoms with van der Waals surface area (Å²) in [5.74, 6) is 2.26. The Labute approximate surface area is 390 Å². The van der Waals surface area contributed by atoms with Crippen LogP contribution >= 0.6 is 0 Å². The number of nitro benzene ring substituents is 1. The van der Waals surface area contributed by atoms with Gasteiger partial charge in [-0.3, -0.25) is 10.1 Å². The zero-order valence-electron chi connectivity index (χ0n) is 39.0. The van der Waals surface area contributed by atoms with Gasteiger partial charge in [-0.1, -0.05) is 24.3 Å². The van der Waals surface area contributed by atoms with E-state index in [1.807, 2.05) is 87.5 Å². The van der Waals surface area contributed by atoms with Gasteiger partial charge in [0.05, 0.1) is 64.0 Å². The van der Waals surface area contributed by atoms with Crippen LogP contribution in [-0.2, 0) is 0 Å². The lowest BCUT2D eigenvalue weighted by atomic mass is 10.2. The first-order chi connectivity index (χ1) is 32.6. The van der Waals surface area contributed by atoms with Crippen molar-refractivity contribution in [2.45, 2.75) is 0 Å². The minimum Gasteiger partial charge on any atom is -0.494 e. The Morgan fingerprint density at radius 3 is 1.54 bits per heavy atom. The van der Waals surface area contributed by atoms with Crippen LogP contribution in [-0.4, -0.2) is 136 Å². The molecule has 0 bridgehead atoms. The van der Waals surface area contributed by atoms with Crippen molar-refractivity contribution in [3.63, 3.8) is 0 Å². The molecule has 4 aromatic carbocycles. The quantitative estimate of drug-likeness (QED) is 0.0447. The average Bonchev–Trinajstić information content (AvgIpc) is 3.85. The molecule has 0 aliphatic rings. The summed E-state index contributed by atoms with van der Waals surface area (Å²) in [4.78, 5) is 67.7. The molecule has 4 aromatic heterocycles. The van der Waals surface area contributed by atoms with Crippen molar-refractivity contribution in [2.24, 2.45) is 0 Å². The third kappa shape index (κ3) is 10.6. The van der Waals surface area contributed by atoms with Crippen LogP contribution in [0.1, 0.15) is 0 Å². The molecule has 22 nitrogen and oxygen atoms in total. The topological polar surface area (TPSA) is 252 Å². The molecule has 0 aliphatic carbocycles. The summed E-state index contributed by atoms with van der Waals surface area (Å²) in [6.07, 6.45) is 3.10. The van der Waals surface area contributed by atoms with Gasteiger partial charge in [0.25, 0.3) is 5.69 Å². The number of methoxy groups -OCH3 is 2. The highest BCUT2D eigenvalue weighted by molar-refractivity contribution is 5.81. The number of para-hydroxylation sites is 4. The maximum Gasteiger partial charge on any atom is 0.332 e. The van der Waals surface area contributed by atoms with Gasteiger partial charge < -0.3 is 55.4 Å². The number of nitrogen functional groups attached to an aromatic ring is 1. The fraction of sp³-hybridized carbons (Fsp3) is 0.261. The molecule has 4 heterocycles. The molecule has 0 spiro atoms. The van der Waals surface area contributed by atoms with Gasteiger partial charge >= 0.3 is 11.4 Å². The fourth-order valence-electron chi connectivity index (χ4n) is 7.27. The summed E-state index contributed by atoms with van der Waals surface area (Å²) in [6.45, 7) is 3.03. The zero-order chi connectivity index (χ0) is 48.6. The monoisotopic (exact) mass is 926 g/mol. The summed E-state index contributed by atoms with van der Waals surface area (Å²) in [5, 5.41) is 18.0.